The van der Waals surface area contributed by atoms with Crippen LogP contribution in [0.2, 0.25) is 0 Å². The van der Waals surface area contributed by atoms with Gasteiger partial charge < -0.3 is 5.32 Å². The monoisotopic (exact) mass is 161 g/mol. The summed E-state index contributed by atoms with van der Waals surface area (Å²) >= 11 is 5.29. The molecule has 0 saturated heterocycles. The summed E-state index contributed by atoms with van der Waals surface area (Å²) in [7, 11) is 0. The van der Waals surface area contributed by atoms with Crippen molar-refractivity contribution in [1.29, 1.82) is 0 Å². The third-order valence-electron chi connectivity index (χ3n) is 1.94. The molecule has 1 fully saturated rings. The summed E-state index contributed by atoms with van der Waals surface area (Å²) < 4.78 is 0. The predicted molar refractivity (Wildman–Crippen MR) is 41.1 cm³/mol. The highest BCUT2D eigenvalue weighted by atomic mass is 35.5. The maximum absolute atomic E-state index is 10.6. The van der Waals surface area contributed by atoms with E-state index in [1.165, 1.54) is 12.8 Å². The minimum Gasteiger partial charge on any atom is -0.355 e. The molecule has 1 amide bonds. The van der Waals surface area contributed by atoms with E-state index < -0.39 is 0 Å². The van der Waals surface area contributed by atoms with Crippen molar-refractivity contribution in [1.82, 2.24) is 5.32 Å². The molecule has 10 heavy (non-hydrogen) atoms. The molecule has 3 heteroatoms. The number of hydrogen-bond donors (Lipinski definition) is 1. The van der Waals surface area contributed by atoms with Crippen LogP contribution in [0.15, 0.2) is 0 Å². The van der Waals surface area contributed by atoms with Crippen molar-refractivity contribution < 1.29 is 4.79 Å². The molecule has 1 N–H and O–H groups in total. The van der Waals surface area contributed by atoms with Crippen LogP contribution < -0.4 is 5.32 Å². The number of hydrogen-bond acceptors (Lipinski definition) is 1. The lowest BCUT2D eigenvalue weighted by Crippen LogP contribution is -2.29. The maximum Gasteiger partial charge on any atom is 0.234 e. The fourth-order valence-electron chi connectivity index (χ4n) is 0.749. The average molecular weight is 162 g/mol. The van der Waals surface area contributed by atoms with E-state index in [9.17, 15) is 4.79 Å². The highest BCUT2D eigenvalue weighted by Gasteiger charge is 2.37. The van der Waals surface area contributed by atoms with Gasteiger partial charge in [-0.05, 0) is 18.3 Å². The number of carbonyl (C=O) groups excluding carboxylic acids is 1. The predicted octanol–water partition coefficient (Wildman–Crippen LogP) is 1.14. The fraction of sp³-hybridized carbons (Fsp3) is 0.857. The van der Waals surface area contributed by atoms with Gasteiger partial charge in [0.05, 0.1) is 0 Å². The molecular weight excluding hydrogens is 150 g/mol. The average Bonchev–Trinajstić information content (AvgIpc) is 2.64. The third kappa shape index (κ3) is 2.18. The van der Waals surface area contributed by atoms with E-state index >= 15 is 0 Å². The van der Waals surface area contributed by atoms with Crippen LogP contribution in [0.5, 0.6) is 0 Å². The van der Waals surface area contributed by atoms with E-state index in [1.807, 2.05) is 0 Å². The number of rotatable bonds is 3. The minimum absolute atomic E-state index is 0.0604. The van der Waals surface area contributed by atoms with Gasteiger partial charge in [0, 0.05) is 6.54 Å². The standard InChI is InChI=1S/C7H12ClNO/c1-7(2-3-7)5-9-6(10)4-8/h2-5H2,1H3,(H,9,10). The molecule has 0 bridgehead atoms. The largest absolute Gasteiger partial charge is 0.355 e. The van der Waals surface area contributed by atoms with Crippen molar-refractivity contribution >= 4 is 17.5 Å². The Bertz CT molecular complexity index is 143. The maximum atomic E-state index is 10.6. The van der Waals surface area contributed by atoms with Crippen molar-refractivity contribution in [2.24, 2.45) is 5.41 Å². The lowest BCUT2D eigenvalue weighted by atomic mass is 10.1. The zero-order chi connectivity index (χ0) is 7.61. The molecule has 0 atom stereocenters. The lowest BCUT2D eigenvalue weighted by Gasteiger charge is -2.07. The Labute approximate surface area is 65.9 Å². The first-order chi connectivity index (χ1) is 4.66. The molecule has 0 aromatic rings. The molecule has 0 spiro atoms. The minimum atomic E-state index is -0.0604. The quantitative estimate of drug-likeness (QED) is 0.618. The van der Waals surface area contributed by atoms with E-state index in [1.54, 1.807) is 0 Å². The van der Waals surface area contributed by atoms with Gasteiger partial charge in [0.2, 0.25) is 5.91 Å². The smallest absolute Gasteiger partial charge is 0.234 e. The second-order valence-electron chi connectivity index (χ2n) is 3.22. The molecule has 0 unspecified atom stereocenters. The Balaban J connectivity index is 2.10. The fourth-order valence-corrected chi connectivity index (χ4v) is 0.844. The zero-order valence-corrected chi connectivity index (χ0v) is 6.87. The van der Waals surface area contributed by atoms with Gasteiger partial charge >= 0.3 is 0 Å². The highest BCUT2D eigenvalue weighted by Crippen LogP contribution is 2.43. The summed E-state index contributed by atoms with van der Waals surface area (Å²) in [6.07, 6.45) is 2.46. The number of halogens is 1. The normalized spacial score (nSPS) is 20.2. The van der Waals surface area contributed by atoms with Crippen LogP contribution >= 0.6 is 11.6 Å². The molecule has 1 aliphatic carbocycles. The highest BCUT2D eigenvalue weighted by molar-refractivity contribution is 6.27. The molecule has 58 valence electrons. The summed E-state index contributed by atoms with van der Waals surface area (Å²) in [5, 5.41) is 2.76. The topological polar surface area (TPSA) is 29.1 Å². The summed E-state index contributed by atoms with van der Waals surface area (Å²) in [5.74, 6) is 0.0191. The van der Waals surface area contributed by atoms with Crippen LogP contribution in [-0.4, -0.2) is 18.3 Å². The van der Waals surface area contributed by atoms with Gasteiger partial charge in [0.15, 0.2) is 0 Å². The van der Waals surface area contributed by atoms with Crippen molar-refractivity contribution in [2.45, 2.75) is 19.8 Å². The Morgan fingerprint density at radius 1 is 1.70 bits per heavy atom. The molecule has 1 aliphatic rings. The van der Waals surface area contributed by atoms with Crippen LogP contribution in [-0.2, 0) is 4.79 Å². The second-order valence-corrected chi connectivity index (χ2v) is 3.49. The van der Waals surface area contributed by atoms with Crippen molar-refractivity contribution in [3.63, 3.8) is 0 Å². The van der Waals surface area contributed by atoms with Gasteiger partial charge in [-0.3, -0.25) is 4.79 Å². The molecular formula is C7H12ClNO. The first-order valence-corrected chi connectivity index (χ1v) is 4.02. The van der Waals surface area contributed by atoms with Gasteiger partial charge in [-0.2, -0.15) is 0 Å². The van der Waals surface area contributed by atoms with Crippen LogP contribution in [0.3, 0.4) is 0 Å². The van der Waals surface area contributed by atoms with Crippen molar-refractivity contribution in [3.05, 3.63) is 0 Å². The molecule has 1 rings (SSSR count). The van der Waals surface area contributed by atoms with Crippen LogP contribution in [0.4, 0.5) is 0 Å². The molecule has 1 saturated carbocycles. The number of nitrogens with one attached hydrogen (secondary N) is 1. The molecule has 0 heterocycles. The SMILES string of the molecule is CC1(CNC(=O)CCl)CC1. The Kier molecular flexibility index (Phi) is 2.19. The van der Waals surface area contributed by atoms with E-state index in [0.717, 1.165) is 6.54 Å². The number of amides is 1. The van der Waals surface area contributed by atoms with E-state index in [-0.39, 0.29) is 11.8 Å². The first-order valence-electron chi connectivity index (χ1n) is 3.49. The van der Waals surface area contributed by atoms with Gasteiger partial charge in [0.1, 0.15) is 5.88 Å². The summed E-state index contributed by atoms with van der Waals surface area (Å²) in [6, 6.07) is 0. The lowest BCUT2D eigenvalue weighted by molar-refractivity contribution is -0.118. The third-order valence-corrected chi connectivity index (χ3v) is 2.18. The Hall–Kier alpha value is -0.240. The Morgan fingerprint density at radius 3 is 2.70 bits per heavy atom. The zero-order valence-electron chi connectivity index (χ0n) is 6.11. The van der Waals surface area contributed by atoms with E-state index in [0.29, 0.717) is 5.41 Å². The number of alkyl halides is 1. The Morgan fingerprint density at radius 2 is 2.30 bits per heavy atom. The van der Waals surface area contributed by atoms with Crippen molar-refractivity contribution in [3.8, 4) is 0 Å². The van der Waals surface area contributed by atoms with Crippen LogP contribution in [0, 0.1) is 5.41 Å². The summed E-state index contributed by atoms with van der Waals surface area (Å²) in [4.78, 5) is 10.6. The van der Waals surface area contributed by atoms with Gasteiger partial charge in [-0.15, -0.1) is 11.6 Å². The first kappa shape index (κ1) is 7.86. The van der Waals surface area contributed by atoms with Gasteiger partial charge in [0.25, 0.3) is 0 Å². The van der Waals surface area contributed by atoms with Crippen molar-refractivity contribution in [2.75, 3.05) is 12.4 Å². The second kappa shape index (κ2) is 2.79. The molecule has 0 aromatic carbocycles. The molecule has 0 radical (unpaired) electrons. The summed E-state index contributed by atoms with van der Waals surface area (Å²) in [5.41, 5.74) is 0.391. The van der Waals surface area contributed by atoms with E-state index in [4.69, 9.17) is 11.6 Å². The van der Waals surface area contributed by atoms with Gasteiger partial charge in [-0.1, -0.05) is 6.92 Å². The molecule has 0 aliphatic heterocycles. The summed E-state index contributed by atoms with van der Waals surface area (Å²) in [6.45, 7) is 2.96. The molecule has 2 nitrogen and oxygen atoms in total. The number of carbonyl (C=O) groups is 1. The van der Waals surface area contributed by atoms with E-state index in [2.05, 4.69) is 12.2 Å². The molecule has 0 aromatic heterocycles. The van der Waals surface area contributed by atoms with Crippen LogP contribution in [0.1, 0.15) is 19.8 Å². The van der Waals surface area contributed by atoms with Crippen LogP contribution in [0.25, 0.3) is 0 Å². The van der Waals surface area contributed by atoms with Gasteiger partial charge in [-0.25, -0.2) is 0 Å².